The first kappa shape index (κ1) is 28.6. The molecule has 1 atom stereocenters. The summed E-state index contributed by atoms with van der Waals surface area (Å²) in [7, 11) is 0. The summed E-state index contributed by atoms with van der Waals surface area (Å²) < 4.78 is 13.0. The normalized spacial score (nSPS) is 16.1. The van der Waals surface area contributed by atoms with Crippen LogP contribution >= 0.6 is 23.2 Å². The third-order valence-electron chi connectivity index (χ3n) is 7.12. The first-order valence-corrected chi connectivity index (χ1v) is 14.4. The lowest BCUT2D eigenvalue weighted by Gasteiger charge is -2.41. The van der Waals surface area contributed by atoms with Gasteiger partial charge in [0.25, 0.3) is 0 Å². The van der Waals surface area contributed by atoms with Gasteiger partial charge in [-0.25, -0.2) is 14.8 Å². The summed E-state index contributed by atoms with van der Waals surface area (Å²) in [5.41, 5.74) is 1.41. The van der Waals surface area contributed by atoms with Gasteiger partial charge in [0, 0.05) is 56.9 Å². The van der Waals surface area contributed by atoms with Crippen LogP contribution in [0.5, 0.6) is 11.5 Å². The molecule has 1 unspecified atom stereocenters. The van der Waals surface area contributed by atoms with E-state index in [0.29, 0.717) is 71.8 Å². The Morgan fingerprint density at radius 2 is 1.84 bits per heavy atom. The van der Waals surface area contributed by atoms with Gasteiger partial charge < -0.3 is 29.9 Å². The molecule has 2 N–H and O–H groups in total. The number of benzene rings is 2. The number of nitrogens with one attached hydrogen (secondary N) is 2. The molecule has 3 amide bonds. The first-order chi connectivity index (χ1) is 20.9. The van der Waals surface area contributed by atoms with Gasteiger partial charge >= 0.3 is 6.03 Å². The molecule has 1 fully saturated rings. The van der Waals surface area contributed by atoms with Crippen molar-refractivity contribution in [3.05, 3.63) is 83.0 Å². The third kappa shape index (κ3) is 6.76. The number of imidazole rings is 1. The van der Waals surface area contributed by atoms with E-state index in [1.165, 1.54) is 0 Å². The van der Waals surface area contributed by atoms with Crippen LogP contribution in [0.1, 0.15) is 12.0 Å². The number of urea groups is 1. The second-order valence-electron chi connectivity index (χ2n) is 10.00. The van der Waals surface area contributed by atoms with Crippen LogP contribution in [0.15, 0.2) is 67.4 Å². The third-order valence-corrected chi connectivity index (χ3v) is 7.85. The molecule has 14 heteroatoms. The van der Waals surface area contributed by atoms with Crippen molar-refractivity contribution in [2.75, 3.05) is 43.1 Å². The number of piperazine rings is 1. The quantitative estimate of drug-likeness (QED) is 0.314. The van der Waals surface area contributed by atoms with E-state index in [9.17, 15) is 9.59 Å². The molecule has 0 aliphatic carbocycles. The van der Waals surface area contributed by atoms with Crippen LogP contribution in [0, 0.1) is 0 Å². The maximum absolute atomic E-state index is 13.3. The lowest BCUT2D eigenvalue weighted by Crippen LogP contribution is -2.57. The number of fused-ring (bicyclic) bond motifs is 1. The zero-order valence-corrected chi connectivity index (χ0v) is 24.5. The Kier molecular flexibility index (Phi) is 8.47. The molecule has 1 saturated heterocycles. The Bertz CT molecular complexity index is 1620. The Hall–Kier alpha value is -4.55. The number of hydrogen-bond acceptors (Lipinski definition) is 8. The van der Waals surface area contributed by atoms with Crippen molar-refractivity contribution in [2.24, 2.45) is 0 Å². The van der Waals surface area contributed by atoms with Crippen LogP contribution < -0.4 is 25.0 Å². The van der Waals surface area contributed by atoms with Crippen molar-refractivity contribution in [2.45, 2.75) is 19.0 Å². The fourth-order valence-electron chi connectivity index (χ4n) is 4.98. The van der Waals surface area contributed by atoms with Crippen molar-refractivity contribution in [1.82, 2.24) is 29.7 Å². The van der Waals surface area contributed by atoms with Crippen molar-refractivity contribution in [3.63, 3.8) is 0 Å². The average Bonchev–Trinajstić information content (AvgIpc) is 3.57. The summed E-state index contributed by atoms with van der Waals surface area (Å²) in [5, 5.41) is 6.62. The summed E-state index contributed by atoms with van der Waals surface area (Å²) in [4.78, 5) is 43.4. The van der Waals surface area contributed by atoms with E-state index >= 15 is 0 Å². The molecule has 4 heterocycles. The Morgan fingerprint density at radius 1 is 0.977 bits per heavy atom. The molecule has 0 radical (unpaired) electrons. The highest BCUT2D eigenvalue weighted by molar-refractivity contribution is 6.42. The molecule has 222 valence electrons. The van der Waals surface area contributed by atoms with E-state index in [1.807, 2.05) is 23.1 Å². The highest BCUT2D eigenvalue weighted by Gasteiger charge is 2.32. The fourth-order valence-corrected chi connectivity index (χ4v) is 5.28. The molecule has 12 nitrogen and oxygen atoms in total. The zero-order valence-electron chi connectivity index (χ0n) is 23.0. The van der Waals surface area contributed by atoms with E-state index in [-0.39, 0.29) is 30.9 Å². The van der Waals surface area contributed by atoms with Crippen LogP contribution in [0.4, 0.5) is 16.3 Å². The van der Waals surface area contributed by atoms with Crippen molar-refractivity contribution in [3.8, 4) is 17.4 Å². The number of carbonyl (C=O) groups is 2. The molecule has 2 aliphatic heterocycles. The molecular weight excluding hydrogens is 595 g/mol. The number of ether oxygens (including phenoxy) is 2. The van der Waals surface area contributed by atoms with Crippen LogP contribution in [-0.2, 0) is 11.3 Å². The zero-order chi connectivity index (χ0) is 29.8. The number of anilines is 2. The van der Waals surface area contributed by atoms with Crippen LogP contribution in [0.3, 0.4) is 0 Å². The van der Waals surface area contributed by atoms with E-state index in [2.05, 4.69) is 20.6 Å². The highest BCUT2D eigenvalue weighted by Crippen LogP contribution is 2.31. The summed E-state index contributed by atoms with van der Waals surface area (Å²) in [5.74, 6) is 2.29. The second-order valence-corrected chi connectivity index (χ2v) is 10.8. The first-order valence-electron chi connectivity index (χ1n) is 13.7. The van der Waals surface area contributed by atoms with E-state index in [0.717, 1.165) is 5.56 Å². The molecule has 2 aliphatic rings. The smallest absolute Gasteiger partial charge is 0.321 e. The van der Waals surface area contributed by atoms with Gasteiger partial charge in [-0.2, -0.15) is 4.98 Å². The Morgan fingerprint density at radius 3 is 2.65 bits per heavy atom. The molecular formula is C29H28Cl2N8O4. The van der Waals surface area contributed by atoms with Gasteiger partial charge in [-0.3, -0.25) is 9.36 Å². The molecule has 2 aromatic heterocycles. The predicted molar refractivity (Wildman–Crippen MR) is 161 cm³/mol. The van der Waals surface area contributed by atoms with Gasteiger partial charge in [0.1, 0.15) is 25.4 Å². The molecule has 43 heavy (non-hydrogen) atoms. The second kappa shape index (κ2) is 12.8. The predicted octanol–water partition coefficient (Wildman–Crippen LogP) is 4.17. The number of nitrogens with zero attached hydrogens (tertiary/aromatic N) is 6. The van der Waals surface area contributed by atoms with Gasteiger partial charge in [0.15, 0.2) is 11.5 Å². The van der Waals surface area contributed by atoms with Crippen molar-refractivity contribution in [1.29, 1.82) is 0 Å². The number of amides is 3. The largest absolute Gasteiger partial charge is 0.486 e. The number of rotatable bonds is 7. The van der Waals surface area contributed by atoms with Gasteiger partial charge in [-0.15, -0.1) is 0 Å². The number of carbonyl (C=O) groups excluding carboxylic acids is 2. The standard InChI is InChI=1S/C29H28Cl2N8O4/c30-22-3-2-20(14-23(22)31)35-29(41)37-9-10-39(26-5-6-33-28(36-26)38-8-7-32-18-38)21(17-37)15-27(40)34-16-19-1-4-24-25(13-19)43-12-11-42-24/h1-8,13-14,18,21H,9-12,15-17H2,(H,34,40)(H,35,41). The number of aromatic nitrogens is 4. The van der Waals surface area contributed by atoms with Crippen molar-refractivity contribution < 1.29 is 19.1 Å². The molecule has 0 saturated carbocycles. The Balaban J connectivity index is 1.17. The maximum atomic E-state index is 13.3. The summed E-state index contributed by atoms with van der Waals surface area (Å²) in [6.07, 6.45) is 6.82. The molecule has 0 spiro atoms. The van der Waals surface area contributed by atoms with E-state index in [4.69, 9.17) is 37.7 Å². The highest BCUT2D eigenvalue weighted by atomic mass is 35.5. The summed E-state index contributed by atoms with van der Waals surface area (Å²) >= 11 is 12.2. The number of hydrogen-bond donors (Lipinski definition) is 2. The fraction of sp³-hybridized carbons (Fsp3) is 0.276. The van der Waals surface area contributed by atoms with Gasteiger partial charge in [-0.05, 0) is 42.0 Å². The van der Waals surface area contributed by atoms with Gasteiger partial charge in [0.05, 0.1) is 16.1 Å². The monoisotopic (exact) mass is 622 g/mol. The lowest BCUT2D eigenvalue weighted by atomic mass is 10.1. The lowest BCUT2D eigenvalue weighted by molar-refractivity contribution is -0.121. The minimum absolute atomic E-state index is 0.130. The van der Waals surface area contributed by atoms with E-state index in [1.54, 1.807) is 58.7 Å². The van der Waals surface area contributed by atoms with E-state index < -0.39 is 0 Å². The van der Waals surface area contributed by atoms with Crippen LogP contribution in [0.2, 0.25) is 10.0 Å². The summed E-state index contributed by atoms with van der Waals surface area (Å²) in [6, 6.07) is 11.6. The van der Waals surface area contributed by atoms with Crippen molar-refractivity contribution >= 4 is 46.6 Å². The number of halogens is 2. The molecule has 0 bridgehead atoms. The van der Waals surface area contributed by atoms with Gasteiger partial charge in [-0.1, -0.05) is 29.3 Å². The summed E-state index contributed by atoms with van der Waals surface area (Å²) in [6.45, 7) is 2.47. The topological polar surface area (TPSA) is 127 Å². The minimum atomic E-state index is -0.362. The average molecular weight is 624 g/mol. The maximum Gasteiger partial charge on any atom is 0.321 e. The molecule has 4 aromatic rings. The molecule has 6 rings (SSSR count). The Labute approximate surface area is 257 Å². The van der Waals surface area contributed by atoms with Crippen LogP contribution in [-0.4, -0.2) is 75.2 Å². The molecule has 2 aromatic carbocycles. The minimum Gasteiger partial charge on any atom is -0.486 e. The van der Waals surface area contributed by atoms with Crippen LogP contribution in [0.25, 0.3) is 5.95 Å². The van der Waals surface area contributed by atoms with Gasteiger partial charge in [0.2, 0.25) is 11.9 Å². The SMILES string of the molecule is O=C(CC1CN(C(=O)Nc2ccc(Cl)c(Cl)c2)CCN1c1ccnc(-n2ccnc2)n1)NCc1ccc2c(c1)OCCO2.